The van der Waals surface area contributed by atoms with Gasteiger partial charge in [0.25, 0.3) is 0 Å². The second-order valence-electron chi connectivity index (χ2n) is 3.92. The molecule has 0 aliphatic carbocycles. The van der Waals surface area contributed by atoms with E-state index in [-0.39, 0.29) is 18.5 Å². The van der Waals surface area contributed by atoms with Gasteiger partial charge in [-0.15, -0.1) is 0 Å². The first-order valence-electron chi connectivity index (χ1n) is 5.57. The summed E-state index contributed by atoms with van der Waals surface area (Å²) in [6, 6.07) is 0. The molecule has 0 fully saturated rings. The molecule has 0 atom stereocenters. The number of ether oxygens (including phenoxy) is 1. The van der Waals surface area contributed by atoms with Crippen molar-refractivity contribution in [3.8, 4) is 0 Å². The first-order valence-corrected chi connectivity index (χ1v) is 7.22. The first kappa shape index (κ1) is 14.1. The molecule has 1 rings (SSSR count). The minimum absolute atomic E-state index is 0.0106. The lowest BCUT2D eigenvalue weighted by molar-refractivity contribution is 0.0911. The zero-order valence-corrected chi connectivity index (χ0v) is 11.0. The molecule has 0 unspecified atom stereocenters. The van der Waals surface area contributed by atoms with Gasteiger partial charge in [-0.25, -0.2) is 18.1 Å². The molecule has 7 heteroatoms. The van der Waals surface area contributed by atoms with Gasteiger partial charge in [-0.2, -0.15) is 0 Å². The number of imidazole rings is 1. The van der Waals surface area contributed by atoms with Crippen LogP contribution in [0.15, 0.2) is 12.4 Å². The van der Waals surface area contributed by atoms with Crippen molar-refractivity contribution in [2.24, 2.45) is 0 Å². The van der Waals surface area contributed by atoms with Gasteiger partial charge >= 0.3 is 0 Å². The summed E-state index contributed by atoms with van der Waals surface area (Å²) in [6.07, 6.45) is 3.95. The van der Waals surface area contributed by atoms with E-state index in [1.54, 1.807) is 12.4 Å². The van der Waals surface area contributed by atoms with Crippen LogP contribution in [0.1, 0.15) is 19.7 Å². The molecule has 17 heavy (non-hydrogen) atoms. The third-order valence-electron chi connectivity index (χ3n) is 2.04. The maximum Gasteiger partial charge on any atom is 0.213 e. The first-order chi connectivity index (χ1) is 7.99. The van der Waals surface area contributed by atoms with E-state index in [4.69, 9.17) is 4.74 Å². The van der Waals surface area contributed by atoms with E-state index in [0.717, 1.165) is 5.82 Å². The summed E-state index contributed by atoms with van der Waals surface area (Å²) in [4.78, 5) is 6.92. The molecule has 6 nitrogen and oxygen atoms in total. The largest absolute Gasteiger partial charge is 0.378 e. The summed E-state index contributed by atoms with van der Waals surface area (Å²) in [5, 5.41) is 0. The van der Waals surface area contributed by atoms with Crippen molar-refractivity contribution in [1.82, 2.24) is 14.7 Å². The summed E-state index contributed by atoms with van der Waals surface area (Å²) < 4.78 is 30.7. The third kappa shape index (κ3) is 6.40. The SMILES string of the molecule is CC(C)OCCS(=O)(=O)NCCc1ncc[nH]1. The molecule has 1 aromatic heterocycles. The molecule has 2 N–H and O–H groups in total. The number of hydrogen-bond acceptors (Lipinski definition) is 4. The van der Waals surface area contributed by atoms with Crippen LogP contribution in [-0.2, 0) is 21.2 Å². The molecule has 0 aliphatic rings. The molecule has 98 valence electrons. The summed E-state index contributed by atoms with van der Waals surface area (Å²) in [5.41, 5.74) is 0. The third-order valence-corrected chi connectivity index (χ3v) is 3.39. The Hall–Kier alpha value is -0.920. The number of sulfonamides is 1. The van der Waals surface area contributed by atoms with Crippen LogP contribution in [-0.4, -0.2) is 43.4 Å². The van der Waals surface area contributed by atoms with Crippen LogP contribution in [0.25, 0.3) is 0 Å². The highest BCUT2D eigenvalue weighted by Gasteiger charge is 2.10. The van der Waals surface area contributed by atoms with Gasteiger partial charge in [-0.05, 0) is 13.8 Å². The van der Waals surface area contributed by atoms with Gasteiger partial charge in [0.2, 0.25) is 10.0 Å². The summed E-state index contributed by atoms with van der Waals surface area (Å²) in [7, 11) is -3.25. The summed E-state index contributed by atoms with van der Waals surface area (Å²) in [6.45, 7) is 4.30. The summed E-state index contributed by atoms with van der Waals surface area (Å²) >= 11 is 0. The van der Waals surface area contributed by atoms with Gasteiger partial charge in [0.15, 0.2) is 0 Å². The highest BCUT2D eigenvalue weighted by atomic mass is 32.2. The van der Waals surface area contributed by atoms with Crippen LogP contribution in [0.2, 0.25) is 0 Å². The smallest absolute Gasteiger partial charge is 0.213 e. The fourth-order valence-electron chi connectivity index (χ4n) is 1.23. The molecule has 0 aliphatic heterocycles. The number of hydrogen-bond donors (Lipinski definition) is 2. The van der Waals surface area contributed by atoms with Crippen molar-refractivity contribution in [3.05, 3.63) is 18.2 Å². The number of H-pyrrole nitrogens is 1. The second kappa shape index (κ2) is 6.73. The van der Waals surface area contributed by atoms with Crippen molar-refractivity contribution in [3.63, 3.8) is 0 Å². The lowest BCUT2D eigenvalue weighted by atomic mass is 10.4. The minimum atomic E-state index is -3.25. The van der Waals surface area contributed by atoms with Gasteiger partial charge < -0.3 is 9.72 Å². The number of rotatable bonds is 8. The Morgan fingerprint density at radius 2 is 2.29 bits per heavy atom. The Balaban J connectivity index is 2.20. The molecule has 0 aromatic carbocycles. The minimum Gasteiger partial charge on any atom is -0.378 e. The van der Waals surface area contributed by atoms with Crippen molar-refractivity contribution >= 4 is 10.0 Å². The van der Waals surface area contributed by atoms with E-state index >= 15 is 0 Å². The van der Waals surface area contributed by atoms with E-state index in [2.05, 4.69) is 14.7 Å². The predicted octanol–water partition coefficient (Wildman–Crippen LogP) is 0.297. The number of nitrogens with one attached hydrogen (secondary N) is 2. The van der Waals surface area contributed by atoms with Crippen LogP contribution in [0.5, 0.6) is 0 Å². The molecular formula is C10H19N3O3S. The monoisotopic (exact) mass is 261 g/mol. The predicted molar refractivity (Wildman–Crippen MR) is 65.2 cm³/mol. The van der Waals surface area contributed by atoms with Gasteiger partial charge in [0, 0.05) is 25.4 Å². The Kier molecular flexibility index (Phi) is 5.60. The molecule has 0 spiro atoms. The average Bonchev–Trinajstić information content (AvgIpc) is 2.69. The fourth-order valence-corrected chi connectivity index (χ4v) is 2.10. The van der Waals surface area contributed by atoms with Crippen molar-refractivity contribution in [2.45, 2.75) is 26.4 Å². The molecule has 0 saturated heterocycles. The van der Waals surface area contributed by atoms with Crippen LogP contribution in [0.4, 0.5) is 0 Å². The van der Waals surface area contributed by atoms with E-state index in [1.165, 1.54) is 0 Å². The number of aromatic amines is 1. The number of aromatic nitrogens is 2. The average molecular weight is 261 g/mol. The van der Waals surface area contributed by atoms with Crippen LogP contribution >= 0.6 is 0 Å². The van der Waals surface area contributed by atoms with E-state index in [9.17, 15) is 8.42 Å². The highest BCUT2D eigenvalue weighted by Crippen LogP contribution is 1.93. The van der Waals surface area contributed by atoms with Crippen LogP contribution in [0, 0.1) is 0 Å². The van der Waals surface area contributed by atoms with E-state index < -0.39 is 10.0 Å². The number of nitrogens with zero attached hydrogens (tertiary/aromatic N) is 1. The molecule has 0 bridgehead atoms. The zero-order chi connectivity index (χ0) is 12.7. The molecule has 0 saturated carbocycles. The van der Waals surface area contributed by atoms with Crippen LogP contribution in [0.3, 0.4) is 0 Å². The Bertz CT molecular complexity index is 400. The van der Waals surface area contributed by atoms with E-state index in [1.807, 2.05) is 13.8 Å². The van der Waals surface area contributed by atoms with Crippen molar-refractivity contribution in [1.29, 1.82) is 0 Å². The normalized spacial score (nSPS) is 12.2. The van der Waals surface area contributed by atoms with E-state index in [0.29, 0.717) is 13.0 Å². The molecule has 1 aromatic rings. The van der Waals surface area contributed by atoms with Crippen molar-refractivity contribution < 1.29 is 13.2 Å². The molecular weight excluding hydrogens is 242 g/mol. The van der Waals surface area contributed by atoms with Gasteiger partial charge in [-0.3, -0.25) is 0 Å². The molecule has 0 radical (unpaired) electrons. The Morgan fingerprint density at radius 1 is 1.53 bits per heavy atom. The lowest BCUT2D eigenvalue weighted by Crippen LogP contribution is -2.30. The zero-order valence-electron chi connectivity index (χ0n) is 10.1. The standard InChI is InChI=1S/C10H19N3O3S/c1-9(2)16-7-8-17(14,15)13-4-3-10-11-5-6-12-10/h5-6,9,13H,3-4,7-8H2,1-2H3,(H,11,12). The Labute approximate surface area is 102 Å². The maximum atomic E-state index is 11.5. The maximum absolute atomic E-state index is 11.5. The quantitative estimate of drug-likeness (QED) is 0.705. The van der Waals surface area contributed by atoms with Gasteiger partial charge in [-0.1, -0.05) is 0 Å². The second-order valence-corrected chi connectivity index (χ2v) is 5.85. The lowest BCUT2D eigenvalue weighted by Gasteiger charge is -2.08. The van der Waals surface area contributed by atoms with Gasteiger partial charge in [0.1, 0.15) is 5.82 Å². The van der Waals surface area contributed by atoms with Crippen molar-refractivity contribution in [2.75, 3.05) is 18.9 Å². The van der Waals surface area contributed by atoms with Crippen LogP contribution < -0.4 is 4.72 Å². The fraction of sp³-hybridized carbons (Fsp3) is 0.700. The summed E-state index contributed by atoms with van der Waals surface area (Å²) in [5.74, 6) is 0.759. The Morgan fingerprint density at radius 3 is 2.88 bits per heavy atom. The molecule has 1 heterocycles. The highest BCUT2D eigenvalue weighted by molar-refractivity contribution is 7.89. The van der Waals surface area contributed by atoms with Gasteiger partial charge in [0.05, 0.1) is 18.5 Å². The topological polar surface area (TPSA) is 84.1 Å². The molecule has 0 amide bonds.